The molecular formula is C8H9N3. The first kappa shape index (κ1) is 7.60. The molecule has 0 saturated heterocycles. The van der Waals surface area contributed by atoms with Gasteiger partial charge in [-0.3, -0.25) is 4.99 Å². The summed E-state index contributed by atoms with van der Waals surface area (Å²) in [5.74, 6) is 0. The van der Waals surface area contributed by atoms with Gasteiger partial charge in [-0.05, 0) is 19.1 Å². The number of hydrogen-bond donors (Lipinski definition) is 0. The highest BCUT2D eigenvalue weighted by atomic mass is 15.1. The van der Waals surface area contributed by atoms with Gasteiger partial charge in [0, 0.05) is 6.21 Å². The summed E-state index contributed by atoms with van der Waals surface area (Å²) < 4.78 is 0. The Hall–Kier alpha value is -1.51. The Balaban J connectivity index is 3.11. The Labute approximate surface area is 65.5 Å². The number of aliphatic imine (C=N–C) groups is 1. The Morgan fingerprint density at radius 3 is 3.09 bits per heavy atom. The van der Waals surface area contributed by atoms with Crippen LogP contribution in [0.4, 0.5) is 5.69 Å². The zero-order valence-corrected chi connectivity index (χ0v) is 6.36. The van der Waals surface area contributed by atoms with E-state index in [0.717, 1.165) is 5.69 Å². The molecule has 0 aromatic carbocycles. The lowest BCUT2D eigenvalue weighted by Gasteiger charge is -1.94. The standard InChI is InChI=1S/C8H9N3/c1-3-7-8(9-4-2)5-6-10-11-7/h3-6H,1H2,2H3. The van der Waals surface area contributed by atoms with Crippen LogP contribution in [-0.2, 0) is 0 Å². The van der Waals surface area contributed by atoms with Gasteiger partial charge in [0.1, 0.15) is 5.69 Å². The molecule has 0 aliphatic rings. The largest absolute Gasteiger partial charge is 0.259 e. The van der Waals surface area contributed by atoms with Crippen molar-refractivity contribution in [3.63, 3.8) is 0 Å². The third-order valence-corrected chi connectivity index (χ3v) is 1.19. The Kier molecular flexibility index (Phi) is 2.49. The number of aromatic nitrogens is 2. The van der Waals surface area contributed by atoms with E-state index in [1.54, 1.807) is 24.6 Å². The second-order valence-electron chi connectivity index (χ2n) is 1.89. The summed E-state index contributed by atoms with van der Waals surface area (Å²) in [6.07, 6.45) is 4.95. The molecule has 1 aromatic heterocycles. The van der Waals surface area contributed by atoms with E-state index in [1.807, 2.05) is 6.92 Å². The number of nitrogens with zero attached hydrogens (tertiary/aromatic N) is 3. The second kappa shape index (κ2) is 3.61. The first-order valence-corrected chi connectivity index (χ1v) is 3.31. The molecule has 0 bridgehead atoms. The van der Waals surface area contributed by atoms with E-state index in [9.17, 15) is 0 Å². The molecular weight excluding hydrogens is 138 g/mol. The molecule has 0 atom stereocenters. The van der Waals surface area contributed by atoms with Gasteiger partial charge in [-0.15, -0.1) is 5.10 Å². The molecule has 3 nitrogen and oxygen atoms in total. The van der Waals surface area contributed by atoms with Gasteiger partial charge in [0.15, 0.2) is 0 Å². The normalized spacial score (nSPS) is 10.3. The summed E-state index contributed by atoms with van der Waals surface area (Å²) in [4.78, 5) is 4.08. The van der Waals surface area contributed by atoms with Crippen molar-refractivity contribution in [2.24, 2.45) is 4.99 Å². The van der Waals surface area contributed by atoms with Crippen LogP contribution in [0.25, 0.3) is 6.08 Å². The summed E-state index contributed by atoms with van der Waals surface area (Å²) in [6.45, 7) is 5.45. The molecule has 0 N–H and O–H groups in total. The van der Waals surface area contributed by atoms with E-state index in [2.05, 4.69) is 21.8 Å². The Morgan fingerprint density at radius 2 is 2.45 bits per heavy atom. The smallest absolute Gasteiger partial charge is 0.111 e. The van der Waals surface area contributed by atoms with Crippen molar-refractivity contribution >= 4 is 18.0 Å². The molecule has 1 heterocycles. The van der Waals surface area contributed by atoms with E-state index in [1.165, 1.54) is 0 Å². The lowest BCUT2D eigenvalue weighted by atomic mass is 10.3. The van der Waals surface area contributed by atoms with Gasteiger partial charge in [-0.25, -0.2) is 0 Å². The van der Waals surface area contributed by atoms with Crippen LogP contribution in [0.15, 0.2) is 23.8 Å². The molecule has 0 amide bonds. The Morgan fingerprint density at radius 1 is 1.64 bits per heavy atom. The zero-order chi connectivity index (χ0) is 8.10. The van der Waals surface area contributed by atoms with Crippen LogP contribution in [0.2, 0.25) is 0 Å². The van der Waals surface area contributed by atoms with Crippen LogP contribution < -0.4 is 0 Å². The molecule has 3 heteroatoms. The quantitative estimate of drug-likeness (QED) is 0.598. The van der Waals surface area contributed by atoms with Crippen molar-refractivity contribution < 1.29 is 0 Å². The predicted molar refractivity (Wildman–Crippen MR) is 45.9 cm³/mol. The summed E-state index contributed by atoms with van der Waals surface area (Å²) >= 11 is 0. The molecule has 0 spiro atoms. The summed E-state index contributed by atoms with van der Waals surface area (Å²) in [7, 11) is 0. The molecule has 56 valence electrons. The molecule has 11 heavy (non-hydrogen) atoms. The average molecular weight is 147 g/mol. The van der Waals surface area contributed by atoms with Gasteiger partial charge >= 0.3 is 0 Å². The topological polar surface area (TPSA) is 38.1 Å². The molecule has 0 aliphatic heterocycles. The van der Waals surface area contributed by atoms with Crippen LogP contribution in [0, 0.1) is 0 Å². The van der Waals surface area contributed by atoms with Gasteiger partial charge in [0.25, 0.3) is 0 Å². The minimum atomic E-state index is 0.714. The Bertz CT molecular complexity index is 278. The van der Waals surface area contributed by atoms with Gasteiger partial charge in [-0.2, -0.15) is 5.10 Å². The zero-order valence-electron chi connectivity index (χ0n) is 6.36. The molecule has 0 radical (unpaired) electrons. The lowest BCUT2D eigenvalue weighted by molar-refractivity contribution is 1.02. The van der Waals surface area contributed by atoms with E-state index >= 15 is 0 Å². The highest BCUT2D eigenvalue weighted by Gasteiger charge is 1.94. The highest BCUT2D eigenvalue weighted by molar-refractivity contribution is 5.66. The van der Waals surface area contributed by atoms with E-state index in [-0.39, 0.29) is 0 Å². The van der Waals surface area contributed by atoms with Gasteiger partial charge in [0.05, 0.1) is 11.9 Å². The van der Waals surface area contributed by atoms with E-state index < -0.39 is 0 Å². The molecule has 0 fully saturated rings. The van der Waals surface area contributed by atoms with Crippen LogP contribution >= 0.6 is 0 Å². The monoisotopic (exact) mass is 147 g/mol. The fraction of sp³-hybridized carbons (Fsp3) is 0.125. The maximum absolute atomic E-state index is 4.08. The van der Waals surface area contributed by atoms with Gasteiger partial charge < -0.3 is 0 Å². The van der Waals surface area contributed by atoms with Crippen LogP contribution in [0.1, 0.15) is 12.6 Å². The van der Waals surface area contributed by atoms with Gasteiger partial charge in [0.2, 0.25) is 0 Å². The van der Waals surface area contributed by atoms with E-state index in [0.29, 0.717) is 5.69 Å². The van der Waals surface area contributed by atoms with Crippen molar-refractivity contribution in [3.05, 3.63) is 24.5 Å². The van der Waals surface area contributed by atoms with Crippen molar-refractivity contribution in [2.75, 3.05) is 0 Å². The summed E-state index contributed by atoms with van der Waals surface area (Å²) in [5, 5.41) is 7.54. The van der Waals surface area contributed by atoms with Crippen LogP contribution in [0.5, 0.6) is 0 Å². The fourth-order valence-corrected chi connectivity index (χ4v) is 0.730. The molecule has 1 aromatic rings. The summed E-state index contributed by atoms with van der Waals surface area (Å²) in [5.41, 5.74) is 1.52. The first-order valence-electron chi connectivity index (χ1n) is 3.31. The van der Waals surface area contributed by atoms with Crippen LogP contribution in [-0.4, -0.2) is 16.4 Å². The molecule has 0 aliphatic carbocycles. The molecule has 0 unspecified atom stereocenters. The minimum Gasteiger partial charge on any atom is -0.259 e. The maximum Gasteiger partial charge on any atom is 0.111 e. The third-order valence-electron chi connectivity index (χ3n) is 1.19. The SMILES string of the molecule is C=Cc1nnccc1N=CC. The number of rotatable bonds is 2. The van der Waals surface area contributed by atoms with E-state index in [4.69, 9.17) is 0 Å². The molecule has 0 saturated carbocycles. The second-order valence-corrected chi connectivity index (χ2v) is 1.89. The lowest BCUT2D eigenvalue weighted by Crippen LogP contribution is -1.84. The van der Waals surface area contributed by atoms with Gasteiger partial charge in [-0.1, -0.05) is 6.58 Å². The highest BCUT2D eigenvalue weighted by Crippen LogP contribution is 2.14. The number of hydrogen-bond acceptors (Lipinski definition) is 3. The minimum absolute atomic E-state index is 0.714. The molecule has 1 rings (SSSR count). The third kappa shape index (κ3) is 1.70. The summed E-state index contributed by atoms with van der Waals surface area (Å²) in [6, 6.07) is 1.80. The van der Waals surface area contributed by atoms with Crippen molar-refractivity contribution in [1.82, 2.24) is 10.2 Å². The van der Waals surface area contributed by atoms with Crippen molar-refractivity contribution in [2.45, 2.75) is 6.92 Å². The average Bonchev–Trinajstić information content (AvgIpc) is 2.06. The predicted octanol–water partition coefficient (Wildman–Crippen LogP) is 1.84. The van der Waals surface area contributed by atoms with Crippen molar-refractivity contribution in [1.29, 1.82) is 0 Å². The van der Waals surface area contributed by atoms with Crippen LogP contribution in [0.3, 0.4) is 0 Å². The maximum atomic E-state index is 4.08. The van der Waals surface area contributed by atoms with Crippen molar-refractivity contribution in [3.8, 4) is 0 Å². The first-order chi connectivity index (χ1) is 5.38. The fourth-order valence-electron chi connectivity index (χ4n) is 0.730.